The molecule has 0 saturated heterocycles. The Morgan fingerprint density at radius 2 is 1.50 bits per heavy atom. The van der Waals surface area contributed by atoms with Crippen molar-refractivity contribution in [3.8, 4) is 11.3 Å². The van der Waals surface area contributed by atoms with Crippen LogP contribution in [-0.2, 0) is 0 Å². The van der Waals surface area contributed by atoms with E-state index >= 15 is 0 Å². The van der Waals surface area contributed by atoms with Crippen molar-refractivity contribution in [2.24, 2.45) is 0 Å². The summed E-state index contributed by atoms with van der Waals surface area (Å²) in [6.07, 6.45) is 0. The van der Waals surface area contributed by atoms with Gasteiger partial charge < -0.3 is 0 Å². The maximum absolute atomic E-state index is 4.23. The zero-order valence-electron chi connectivity index (χ0n) is 9.48. The predicted molar refractivity (Wildman–Crippen MR) is 75.9 cm³/mol. The number of aromatic nitrogens is 2. The Kier molecular flexibility index (Phi) is 3.39. The largest absolute Gasteiger partial charge is 0.137 e. The highest BCUT2D eigenvalue weighted by Gasteiger charge is 2.11. The molecule has 2 nitrogen and oxygen atoms in total. The lowest BCUT2D eigenvalue weighted by Crippen LogP contribution is -1.79. The molecule has 0 aliphatic rings. The average Bonchev–Trinajstić information content (AvgIpc) is 2.89. The first-order valence-corrected chi connectivity index (χ1v) is 7.13. The Balaban J connectivity index is 1.93. The molecule has 0 spiro atoms. The minimum absolute atomic E-state index is 0.967. The molecule has 4 heteroatoms. The van der Waals surface area contributed by atoms with Crippen LogP contribution in [-0.4, -0.2) is 9.59 Å². The van der Waals surface area contributed by atoms with Crippen molar-refractivity contribution < 1.29 is 0 Å². The van der Waals surface area contributed by atoms with E-state index in [0.717, 1.165) is 15.5 Å². The van der Waals surface area contributed by atoms with Gasteiger partial charge in [0.05, 0.1) is 0 Å². The molecule has 0 bridgehead atoms. The first kappa shape index (κ1) is 11.4. The van der Waals surface area contributed by atoms with Crippen molar-refractivity contribution in [1.82, 2.24) is 9.59 Å². The van der Waals surface area contributed by atoms with E-state index < -0.39 is 0 Å². The first-order chi connectivity index (χ1) is 8.93. The van der Waals surface area contributed by atoms with Gasteiger partial charge in [-0.25, -0.2) is 0 Å². The molecule has 3 aromatic rings. The Morgan fingerprint density at radius 3 is 2.22 bits per heavy atom. The third-order valence-electron chi connectivity index (χ3n) is 2.46. The summed E-state index contributed by atoms with van der Waals surface area (Å²) in [7, 11) is 0. The monoisotopic (exact) mass is 270 g/mol. The summed E-state index contributed by atoms with van der Waals surface area (Å²) in [6, 6.07) is 20.5. The van der Waals surface area contributed by atoms with Gasteiger partial charge >= 0.3 is 0 Å². The Hall–Kier alpha value is -1.65. The fourth-order valence-electron chi connectivity index (χ4n) is 1.62. The highest BCUT2D eigenvalue weighted by atomic mass is 32.2. The summed E-state index contributed by atoms with van der Waals surface area (Å²) in [5.41, 5.74) is 2.08. The molecule has 0 radical (unpaired) electrons. The third-order valence-corrected chi connectivity index (χ3v) is 4.34. The van der Waals surface area contributed by atoms with Gasteiger partial charge in [0.15, 0.2) is 0 Å². The van der Waals surface area contributed by atoms with E-state index in [9.17, 15) is 0 Å². The van der Waals surface area contributed by atoms with Crippen LogP contribution in [0, 0.1) is 0 Å². The number of hydrogen-bond donors (Lipinski definition) is 0. The van der Waals surface area contributed by atoms with E-state index in [-0.39, 0.29) is 0 Å². The van der Waals surface area contributed by atoms with Gasteiger partial charge in [-0.1, -0.05) is 64.8 Å². The molecule has 0 aliphatic carbocycles. The van der Waals surface area contributed by atoms with Crippen LogP contribution >= 0.6 is 23.3 Å². The number of benzene rings is 2. The molecule has 0 saturated carbocycles. The lowest BCUT2D eigenvalue weighted by molar-refractivity contribution is 1.15. The second-order valence-electron chi connectivity index (χ2n) is 3.69. The van der Waals surface area contributed by atoms with Crippen molar-refractivity contribution in [3.63, 3.8) is 0 Å². The maximum atomic E-state index is 4.23. The quantitative estimate of drug-likeness (QED) is 0.707. The summed E-state index contributed by atoms with van der Waals surface area (Å²) >= 11 is 3.15. The van der Waals surface area contributed by atoms with E-state index in [1.165, 1.54) is 16.4 Å². The SMILES string of the molecule is c1ccc(Sc2snnc2-c2ccccc2)cc1. The normalized spacial score (nSPS) is 10.4. The highest BCUT2D eigenvalue weighted by molar-refractivity contribution is 8.01. The second kappa shape index (κ2) is 5.33. The van der Waals surface area contributed by atoms with E-state index in [4.69, 9.17) is 0 Å². The van der Waals surface area contributed by atoms with Crippen LogP contribution in [0.3, 0.4) is 0 Å². The Labute approximate surface area is 114 Å². The minimum atomic E-state index is 0.967. The van der Waals surface area contributed by atoms with Crippen LogP contribution < -0.4 is 0 Å². The zero-order valence-corrected chi connectivity index (χ0v) is 11.1. The van der Waals surface area contributed by atoms with Crippen LogP contribution in [0.2, 0.25) is 0 Å². The van der Waals surface area contributed by atoms with Gasteiger partial charge in [-0.2, -0.15) is 0 Å². The molecule has 1 aromatic heterocycles. The molecule has 0 atom stereocenters. The molecule has 18 heavy (non-hydrogen) atoms. The average molecular weight is 270 g/mol. The van der Waals surface area contributed by atoms with E-state index in [1.54, 1.807) is 11.8 Å². The highest BCUT2D eigenvalue weighted by Crippen LogP contribution is 2.36. The summed E-state index contributed by atoms with van der Waals surface area (Å²) < 4.78 is 5.20. The molecule has 3 rings (SSSR count). The van der Waals surface area contributed by atoms with Gasteiger partial charge in [-0.3, -0.25) is 0 Å². The van der Waals surface area contributed by atoms with E-state index in [2.05, 4.69) is 33.9 Å². The Morgan fingerprint density at radius 1 is 0.833 bits per heavy atom. The van der Waals surface area contributed by atoms with E-state index in [0.29, 0.717) is 0 Å². The fourth-order valence-corrected chi connectivity index (χ4v) is 3.36. The van der Waals surface area contributed by atoms with Crippen LogP contribution in [0.15, 0.2) is 69.8 Å². The van der Waals surface area contributed by atoms with Gasteiger partial charge in [0.2, 0.25) is 0 Å². The maximum Gasteiger partial charge on any atom is 0.119 e. The summed E-state index contributed by atoms with van der Waals surface area (Å²) in [6.45, 7) is 0. The van der Waals surface area contributed by atoms with Crippen LogP contribution in [0.4, 0.5) is 0 Å². The summed E-state index contributed by atoms with van der Waals surface area (Å²) in [5, 5.41) is 4.23. The molecule has 0 amide bonds. The molecule has 0 unspecified atom stereocenters. The topological polar surface area (TPSA) is 25.8 Å². The molecule has 1 heterocycles. The van der Waals surface area contributed by atoms with Gasteiger partial charge in [0.25, 0.3) is 0 Å². The lowest BCUT2D eigenvalue weighted by atomic mass is 10.2. The third kappa shape index (κ3) is 2.44. The first-order valence-electron chi connectivity index (χ1n) is 5.54. The van der Waals surface area contributed by atoms with Gasteiger partial charge in [-0.15, -0.1) is 5.10 Å². The fraction of sp³-hybridized carbons (Fsp3) is 0. The van der Waals surface area contributed by atoms with Gasteiger partial charge in [0.1, 0.15) is 9.90 Å². The van der Waals surface area contributed by atoms with Crippen LogP contribution in [0.1, 0.15) is 0 Å². The minimum Gasteiger partial charge on any atom is -0.137 e. The summed E-state index contributed by atoms with van der Waals surface area (Å²) in [5.74, 6) is 0. The van der Waals surface area contributed by atoms with Crippen molar-refractivity contribution in [2.45, 2.75) is 9.10 Å². The molecule has 0 N–H and O–H groups in total. The van der Waals surface area contributed by atoms with Crippen LogP contribution in [0.25, 0.3) is 11.3 Å². The standard InChI is InChI=1S/C14H10N2S2/c1-3-7-11(8-4-1)13-14(18-16-15-13)17-12-9-5-2-6-10-12/h1-10H. The number of rotatable bonds is 3. The molecule has 0 fully saturated rings. The van der Waals surface area contributed by atoms with E-state index in [1.807, 2.05) is 36.4 Å². The van der Waals surface area contributed by atoms with Crippen molar-refractivity contribution >= 4 is 23.3 Å². The van der Waals surface area contributed by atoms with Crippen molar-refractivity contribution in [1.29, 1.82) is 0 Å². The zero-order chi connectivity index (χ0) is 12.2. The van der Waals surface area contributed by atoms with Crippen LogP contribution in [0.5, 0.6) is 0 Å². The van der Waals surface area contributed by atoms with Crippen molar-refractivity contribution in [2.75, 3.05) is 0 Å². The number of nitrogens with zero attached hydrogens (tertiary/aromatic N) is 2. The molecule has 0 aliphatic heterocycles. The Bertz CT molecular complexity index is 621. The second-order valence-corrected chi connectivity index (χ2v) is 5.79. The van der Waals surface area contributed by atoms with Crippen molar-refractivity contribution in [3.05, 3.63) is 60.7 Å². The molecule has 88 valence electrons. The van der Waals surface area contributed by atoms with Gasteiger partial charge in [0, 0.05) is 10.5 Å². The lowest BCUT2D eigenvalue weighted by Gasteiger charge is -2.00. The summed E-state index contributed by atoms with van der Waals surface area (Å²) in [4.78, 5) is 1.21. The number of hydrogen-bond acceptors (Lipinski definition) is 4. The molecule has 2 aromatic carbocycles. The predicted octanol–water partition coefficient (Wildman–Crippen LogP) is 4.36. The van der Waals surface area contributed by atoms with Gasteiger partial charge in [-0.05, 0) is 23.7 Å². The molecular formula is C14H10N2S2. The smallest absolute Gasteiger partial charge is 0.119 e. The molecular weight excluding hydrogens is 260 g/mol.